The van der Waals surface area contributed by atoms with Crippen LogP contribution in [0.1, 0.15) is 39.8 Å². The van der Waals surface area contributed by atoms with Crippen molar-refractivity contribution >= 4 is 12.2 Å². The molecule has 0 saturated heterocycles. The first kappa shape index (κ1) is 24.7. The molecule has 194 valence electrons. The van der Waals surface area contributed by atoms with Crippen LogP contribution in [-0.4, -0.2) is 39.8 Å². The van der Waals surface area contributed by atoms with E-state index in [0.717, 1.165) is 5.56 Å². The molecule has 5 N–H and O–H groups in total. The molecule has 1 heterocycles. The van der Waals surface area contributed by atoms with Crippen LogP contribution < -0.4 is 14.2 Å². The lowest BCUT2D eigenvalue weighted by atomic mass is 9.84. The van der Waals surface area contributed by atoms with Crippen LogP contribution in [0.2, 0.25) is 0 Å². The first-order valence-electron chi connectivity index (χ1n) is 11.8. The highest BCUT2D eigenvalue weighted by Gasteiger charge is 2.40. The maximum Gasteiger partial charge on any atom is 0.161 e. The van der Waals surface area contributed by atoms with E-state index < -0.39 is 12.0 Å². The van der Waals surface area contributed by atoms with E-state index in [1.807, 2.05) is 6.08 Å². The summed E-state index contributed by atoms with van der Waals surface area (Å²) in [5, 5.41) is 51.4. The van der Waals surface area contributed by atoms with E-state index in [0.29, 0.717) is 33.8 Å². The monoisotopic (exact) mass is 514 g/mol. The van der Waals surface area contributed by atoms with Crippen LogP contribution in [-0.2, 0) is 0 Å². The Labute approximate surface area is 218 Å². The number of hydrogen-bond acceptors (Lipinski definition) is 8. The summed E-state index contributed by atoms with van der Waals surface area (Å²) >= 11 is 0. The van der Waals surface area contributed by atoms with Gasteiger partial charge in [0.1, 0.15) is 29.1 Å². The molecular weight excluding hydrogens is 488 g/mol. The Bertz CT molecular complexity index is 1520. The molecule has 4 aromatic rings. The number of hydrogen-bond donors (Lipinski definition) is 5. The first-order valence-corrected chi connectivity index (χ1v) is 11.8. The minimum Gasteiger partial charge on any atom is -0.508 e. The average Bonchev–Trinajstić information content (AvgIpc) is 3.28. The predicted molar refractivity (Wildman–Crippen MR) is 141 cm³/mol. The zero-order valence-corrected chi connectivity index (χ0v) is 20.6. The largest absolute Gasteiger partial charge is 0.508 e. The van der Waals surface area contributed by atoms with Crippen LogP contribution in [0.25, 0.3) is 12.2 Å². The Kier molecular flexibility index (Phi) is 6.38. The molecule has 8 nitrogen and oxygen atoms in total. The fourth-order valence-corrected chi connectivity index (χ4v) is 4.76. The topological polar surface area (TPSA) is 129 Å². The third kappa shape index (κ3) is 4.59. The fraction of sp³-hybridized carbons (Fsp3) is 0.133. The van der Waals surface area contributed by atoms with Gasteiger partial charge >= 0.3 is 0 Å². The number of methoxy groups -OCH3 is 2. The second-order valence-corrected chi connectivity index (χ2v) is 8.95. The molecule has 1 aliphatic heterocycles. The summed E-state index contributed by atoms with van der Waals surface area (Å²) in [6.45, 7) is 0. The number of fused-ring (bicyclic) bond motifs is 1. The SMILES string of the molecule is COc1cc(C=Cc2cc(O)c3c(c2)O[C@@H](c2ccc(O)c(OC)c2)[C@H]3c2cc(O)cc(O)c2)ccc1O. The van der Waals surface area contributed by atoms with Gasteiger partial charge in [0.05, 0.1) is 20.1 Å². The quantitative estimate of drug-likeness (QED) is 0.208. The summed E-state index contributed by atoms with van der Waals surface area (Å²) in [6, 6.07) is 17.4. The van der Waals surface area contributed by atoms with Crippen LogP contribution in [0.4, 0.5) is 0 Å². The second-order valence-electron chi connectivity index (χ2n) is 8.95. The molecule has 0 aliphatic carbocycles. The molecule has 2 atom stereocenters. The molecule has 0 aromatic heterocycles. The maximum atomic E-state index is 11.2. The highest BCUT2D eigenvalue weighted by molar-refractivity contribution is 5.74. The lowest BCUT2D eigenvalue weighted by Gasteiger charge is -2.21. The van der Waals surface area contributed by atoms with Crippen LogP contribution in [0.3, 0.4) is 0 Å². The summed E-state index contributed by atoms with van der Waals surface area (Å²) in [5.41, 5.74) is 3.14. The van der Waals surface area contributed by atoms with Gasteiger partial charge in [-0.05, 0) is 70.8 Å². The first-order chi connectivity index (χ1) is 18.3. The lowest BCUT2D eigenvalue weighted by molar-refractivity contribution is 0.221. The van der Waals surface area contributed by atoms with Gasteiger partial charge in [-0.25, -0.2) is 0 Å². The van der Waals surface area contributed by atoms with Gasteiger partial charge < -0.3 is 39.7 Å². The van der Waals surface area contributed by atoms with Crippen LogP contribution in [0, 0.1) is 0 Å². The average molecular weight is 515 g/mol. The van der Waals surface area contributed by atoms with Crippen LogP contribution >= 0.6 is 0 Å². The standard InChI is InChI=1S/C30H26O8/c1-36-25-10-16(5-7-22(25)33)3-4-17-9-24(35)29-27(11-17)38-30(18-6-8-23(34)26(14-18)37-2)28(29)19-12-20(31)15-21(32)13-19/h3-15,28,30-35H,1-2H3/t28-,30-/m0/s1. The van der Waals surface area contributed by atoms with Crippen molar-refractivity contribution in [3.8, 4) is 46.0 Å². The highest BCUT2D eigenvalue weighted by Crippen LogP contribution is 2.54. The van der Waals surface area contributed by atoms with Crippen molar-refractivity contribution in [1.29, 1.82) is 0 Å². The lowest BCUT2D eigenvalue weighted by Crippen LogP contribution is -2.11. The number of benzene rings is 4. The molecule has 0 unspecified atom stereocenters. The molecule has 0 radical (unpaired) electrons. The van der Waals surface area contributed by atoms with Gasteiger partial charge in [-0.2, -0.15) is 0 Å². The molecule has 0 spiro atoms. The smallest absolute Gasteiger partial charge is 0.161 e. The number of phenolic OH excluding ortho intramolecular Hbond substituents is 5. The van der Waals surface area contributed by atoms with Crippen molar-refractivity contribution in [3.05, 3.63) is 94.5 Å². The molecule has 5 rings (SSSR count). The van der Waals surface area contributed by atoms with Crippen LogP contribution in [0.15, 0.2) is 66.7 Å². The Morgan fingerprint density at radius 1 is 0.632 bits per heavy atom. The maximum absolute atomic E-state index is 11.2. The van der Waals surface area contributed by atoms with Gasteiger partial charge in [0.2, 0.25) is 0 Å². The van der Waals surface area contributed by atoms with E-state index in [9.17, 15) is 25.5 Å². The van der Waals surface area contributed by atoms with Crippen molar-refractivity contribution in [2.24, 2.45) is 0 Å². The number of aromatic hydroxyl groups is 5. The van der Waals surface area contributed by atoms with Crippen molar-refractivity contribution in [1.82, 2.24) is 0 Å². The molecule has 0 amide bonds. The zero-order valence-electron chi connectivity index (χ0n) is 20.6. The van der Waals surface area contributed by atoms with E-state index in [1.165, 1.54) is 44.6 Å². The Morgan fingerprint density at radius 2 is 1.26 bits per heavy atom. The molecular formula is C30H26O8. The van der Waals surface area contributed by atoms with E-state index >= 15 is 0 Å². The van der Waals surface area contributed by atoms with Gasteiger partial charge in [0, 0.05) is 11.6 Å². The van der Waals surface area contributed by atoms with E-state index in [-0.39, 0.29) is 34.5 Å². The normalized spacial score (nSPS) is 16.3. The molecule has 0 fully saturated rings. The Balaban J connectivity index is 1.58. The summed E-state index contributed by atoms with van der Waals surface area (Å²) in [6.07, 6.45) is 2.94. The molecule has 0 saturated carbocycles. The molecule has 1 aliphatic rings. The van der Waals surface area contributed by atoms with Gasteiger partial charge in [0.25, 0.3) is 0 Å². The predicted octanol–water partition coefficient (Wildman–Crippen LogP) is 5.67. The molecule has 0 bridgehead atoms. The summed E-state index contributed by atoms with van der Waals surface area (Å²) in [5.74, 6) is 0.181. The van der Waals surface area contributed by atoms with E-state index in [2.05, 4.69) is 0 Å². The molecule has 8 heteroatoms. The van der Waals surface area contributed by atoms with Crippen LogP contribution in [0.5, 0.6) is 46.0 Å². The zero-order chi connectivity index (χ0) is 27.0. The van der Waals surface area contributed by atoms with Crippen molar-refractivity contribution in [2.45, 2.75) is 12.0 Å². The number of ether oxygens (including phenoxy) is 3. The molecule has 38 heavy (non-hydrogen) atoms. The minimum atomic E-state index is -0.660. The summed E-state index contributed by atoms with van der Waals surface area (Å²) in [4.78, 5) is 0. The number of rotatable bonds is 6. The summed E-state index contributed by atoms with van der Waals surface area (Å²) in [7, 11) is 2.92. The van der Waals surface area contributed by atoms with E-state index in [1.54, 1.807) is 42.5 Å². The fourth-order valence-electron chi connectivity index (χ4n) is 4.76. The minimum absolute atomic E-state index is 0.0217. The Hall–Kier alpha value is -4.98. The van der Waals surface area contributed by atoms with Crippen molar-refractivity contribution < 1.29 is 39.7 Å². The van der Waals surface area contributed by atoms with Gasteiger partial charge in [-0.15, -0.1) is 0 Å². The van der Waals surface area contributed by atoms with Gasteiger partial charge in [0.15, 0.2) is 23.0 Å². The van der Waals surface area contributed by atoms with Crippen molar-refractivity contribution in [2.75, 3.05) is 14.2 Å². The third-order valence-corrected chi connectivity index (χ3v) is 6.50. The third-order valence-electron chi connectivity index (χ3n) is 6.50. The van der Waals surface area contributed by atoms with Crippen molar-refractivity contribution in [3.63, 3.8) is 0 Å². The van der Waals surface area contributed by atoms with Gasteiger partial charge in [-0.3, -0.25) is 0 Å². The molecule has 4 aromatic carbocycles. The Morgan fingerprint density at radius 3 is 1.95 bits per heavy atom. The summed E-state index contributed by atoms with van der Waals surface area (Å²) < 4.78 is 16.8. The van der Waals surface area contributed by atoms with E-state index in [4.69, 9.17) is 14.2 Å². The second kappa shape index (κ2) is 9.82. The highest BCUT2D eigenvalue weighted by atomic mass is 16.5. The number of phenols is 5. The van der Waals surface area contributed by atoms with Gasteiger partial charge in [-0.1, -0.05) is 24.3 Å².